The number of carbonyl (C=O) groups is 3. The molecule has 23 heteroatoms. The van der Waals surface area contributed by atoms with Crippen LogP contribution in [0.1, 0.15) is 132 Å². The maximum Gasteiger partial charge on any atom is 0.410 e. The zero-order chi connectivity index (χ0) is 68.1. The topological polar surface area (TPSA) is 185 Å². The number of carbonyl (C=O) groups excluding carboxylic acids is 3. The summed E-state index contributed by atoms with van der Waals surface area (Å²) in [6, 6.07) is 11.6. The summed E-state index contributed by atoms with van der Waals surface area (Å²) in [5, 5.41) is 3.81. The van der Waals surface area contributed by atoms with Crippen LogP contribution in [0.3, 0.4) is 0 Å². The van der Waals surface area contributed by atoms with Crippen LogP contribution in [0.25, 0.3) is 44.0 Å². The number of amides is 3. The van der Waals surface area contributed by atoms with Gasteiger partial charge in [0.2, 0.25) is 11.8 Å². The number of nitrogens with one attached hydrogen (secondary N) is 1. The third kappa shape index (κ3) is 14.0. The number of anilines is 2. The molecule has 516 valence electrons. The Morgan fingerprint density at radius 1 is 0.802 bits per heavy atom. The SMILES string of the molecule is COCOc1cc(-c2ncc3c(N4CC5CCC(C4)N5C(=O)OC(C)(C)C)nc(OCCN4CCC(C)(CN5CCN(CC6CCN(c7ccc8c(c7)n(C)c(=O)n8C7CCC(=O)NC7=O)CC6)CC5)CC4)nc3c2F)c2c(C#C[Si](C(C)C)(C(C)C)C(C)C)c(F)ccc2c1. The average Bonchev–Trinajstić information content (AvgIpc) is 1.29. The molecule has 6 fully saturated rings. The molecule has 96 heavy (non-hydrogen) atoms. The highest BCUT2D eigenvalue weighted by molar-refractivity contribution is 6.90. The number of benzene rings is 3. The zero-order valence-corrected chi connectivity index (χ0v) is 59.4. The van der Waals surface area contributed by atoms with Crippen LogP contribution in [-0.2, 0) is 26.1 Å². The van der Waals surface area contributed by atoms with Gasteiger partial charge in [0.25, 0.3) is 0 Å². The minimum absolute atomic E-state index is 0.00836. The van der Waals surface area contributed by atoms with Gasteiger partial charge in [0.15, 0.2) is 12.6 Å². The van der Waals surface area contributed by atoms with E-state index in [-0.39, 0.29) is 77.8 Å². The minimum Gasteiger partial charge on any atom is -0.468 e. The van der Waals surface area contributed by atoms with Crippen molar-refractivity contribution in [2.75, 3.05) is 115 Å². The summed E-state index contributed by atoms with van der Waals surface area (Å²) in [7, 11) is 0.915. The fourth-order valence-corrected chi connectivity index (χ4v) is 21.9. The molecule has 6 saturated heterocycles. The van der Waals surface area contributed by atoms with Crippen molar-refractivity contribution in [3.05, 3.63) is 76.3 Å². The lowest BCUT2D eigenvalue weighted by molar-refractivity contribution is -0.135. The number of aryl methyl sites for hydroxylation is 1. The van der Waals surface area contributed by atoms with E-state index in [1.807, 2.05) is 31.7 Å². The molecule has 12 rings (SSSR count). The van der Waals surface area contributed by atoms with Crippen molar-refractivity contribution in [1.29, 1.82) is 0 Å². The van der Waals surface area contributed by atoms with E-state index in [2.05, 4.69) is 102 Å². The number of hydrogen-bond acceptors (Lipinski definition) is 16. The number of nitrogens with zero attached hydrogens (tertiary/aromatic N) is 11. The lowest BCUT2D eigenvalue weighted by Gasteiger charge is -2.45. The van der Waals surface area contributed by atoms with Crippen molar-refractivity contribution in [1.82, 2.24) is 49.0 Å². The number of halogens is 2. The summed E-state index contributed by atoms with van der Waals surface area (Å²) in [6.07, 6.45) is 7.64. The number of fused-ring (bicyclic) bond motifs is 5. The van der Waals surface area contributed by atoms with E-state index < -0.39 is 37.3 Å². The minimum atomic E-state index is -2.36. The largest absolute Gasteiger partial charge is 0.468 e. The van der Waals surface area contributed by atoms with E-state index in [9.17, 15) is 19.2 Å². The molecule has 9 heterocycles. The molecule has 20 nitrogen and oxygen atoms in total. The number of hydrogen-bond donors (Lipinski definition) is 1. The fraction of sp³-hybridized carbons (Fsp3) is 0.603. The Hall–Kier alpha value is -7.23. The molecule has 6 aliphatic heterocycles. The van der Waals surface area contributed by atoms with Gasteiger partial charge >= 0.3 is 17.8 Å². The zero-order valence-electron chi connectivity index (χ0n) is 58.4. The van der Waals surface area contributed by atoms with Crippen LogP contribution < -0.4 is 30.3 Å². The lowest BCUT2D eigenvalue weighted by atomic mass is 9.79. The average molecular weight is 1340 g/mol. The van der Waals surface area contributed by atoms with E-state index in [4.69, 9.17) is 33.9 Å². The van der Waals surface area contributed by atoms with Gasteiger partial charge in [0, 0.05) is 115 Å². The van der Waals surface area contributed by atoms with Gasteiger partial charge in [-0.15, -0.1) is 5.54 Å². The predicted molar refractivity (Wildman–Crippen MR) is 373 cm³/mol. The van der Waals surface area contributed by atoms with Gasteiger partial charge < -0.3 is 38.5 Å². The summed E-state index contributed by atoms with van der Waals surface area (Å²) < 4.78 is 61.7. The molecule has 0 spiro atoms. The molecule has 0 aliphatic carbocycles. The molecular formula is C73H98F2N12O8Si. The molecule has 3 amide bonds. The molecule has 3 unspecified atom stereocenters. The van der Waals surface area contributed by atoms with Crippen molar-refractivity contribution < 1.29 is 42.1 Å². The highest BCUT2D eigenvalue weighted by Gasteiger charge is 2.46. The fourth-order valence-electron chi connectivity index (χ4n) is 16.7. The van der Waals surface area contributed by atoms with Gasteiger partial charge in [-0.2, -0.15) is 9.97 Å². The second-order valence-corrected chi connectivity index (χ2v) is 35.8. The number of imidazole rings is 1. The summed E-state index contributed by atoms with van der Waals surface area (Å²) >= 11 is 0. The van der Waals surface area contributed by atoms with Crippen LogP contribution in [0.5, 0.6) is 11.8 Å². The van der Waals surface area contributed by atoms with E-state index >= 15 is 8.78 Å². The predicted octanol–water partition coefficient (Wildman–Crippen LogP) is 10.9. The van der Waals surface area contributed by atoms with E-state index in [0.29, 0.717) is 87.4 Å². The summed E-state index contributed by atoms with van der Waals surface area (Å²) in [5.41, 5.74) is 6.86. The normalized spacial score (nSPS) is 21.1. The number of ether oxygens (including phenoxy) is 4. The number of aromatic nitrogens is 5. The number of piperidine rings is 3. The first-order valence-corrected chi connectivity index (χ1v) is 37.2. The van der Waals surface area contributed by atoms with Gasteiger partial charge in [-0.3, -0.25) is 38.8 Å². The van der Waals surface area contributed by atoms with Gasteiger partial charge in [0.05, 0.1) is 34.1 Å². The molecule has 3 atom stereocenters. The molecule has 1 N–H and O–H groups in total. The van der Waals surface area contributed by atoms with Gasteiger partial charge in [0.1, 0.15) is 54.9 Å². The van der Waals surface area contributed by atoms with Crippen molar-refractivity contribution >= 4 is 70.2 Å². The number of imide groups is 1. The Labute approximate surface area is 564 Å². The van der Waals surface area contributed by atoms with Crippen LogP contribution in [0.15, 0.2) is 53.5 Å². The number of piperazine rings is 2. The summed E-state index contributed by atoms with van der Waals surface area (Å²) in [5.74, 6) is 2.88. The van der Waals surface area contributed by atoms with E-state index in [1.54, 1.807) is 40.6 Å². The number of methoxy groups -OCH3 is 1. The summed E-state index contributed by atoms with van der Waals surface area (Å²) in [4.78, 5) is 80.6. The van der Waals surface area contributed by atoms with E-state index in [0.717, 1.165) is 115 Å². The Bertz CT molecular complexity index is 3990. The van der Waals surface area contributed by atoms with Crippen molar-refractivity contribution in [3.8, 4) is 34.5 Å². The molecule has 6 aliphatic rings. The maximum atomic E-state index is 18.2. The highest BCUT2D eigenvalue weighted by atomic mass is 28.3. The molecule has 3 aromatic heterocycles. The Kier molecular flexibility index (Phi) is 20.0. The van der Waals surface area contributed by atoms with Crippen LogP contribution in [0.4, 0.5) is 25.1 Å². The second kappa shape index (κ2) is 27.9. The van der Waals surface area contributed by atoms with Crippen LogP contribution >= 0.6 is 0 Å². The lowest BCUT2D eigenvalue weighted by Crippen LogP contribution is -2.57. The van der Waals surface area contributed by atoms with Gasteiger partial charge in [-0.1, -0.05) is 60.5 Å². The first-order valence-electron chi connectivity index (χ1n) is 35.0. The Morgan fingerprint density at radius 3 is 2.15 bits per heavy atom. The third-order valence-electron chi connectivity index (χ3n) is 21.8. The Morgan fingerprint density at radius 2 is 1.49 bits per heavy atom. The highest BCUT2D eigenvalue weighted by Crippen LogP contribution is 2.44. The molecule has 3 aromatic carbocycles. The monoisotopic (exact) mass is 1340 g/mol. The van der Waals surface area contributed by atoms with Crippen molar-refractivity contribution in [3.63, 3.8) is 0 Å². The standard InChI is InChI=1S/C73H98F2N12O8Si/c1-46(2)96(47(3)4,48(5)6)36-23-55-58(74)17-13-50-37-54(94-45-92-12)39-56(63(50)55)65-64(75)66-57(40-76-65)67(85-42-52-14-15-53(43-85)86(52)71(91)95-72(7,8)9)79-69(78-66)93-35-34-81-28-24-73(10,25-29-81)44-83-32-30-82(31-33-83)41-49-21-26-84(27-22-49)51-16-18-59-61(38-51)80(11)70(90)87(59)60-19-20-62(88)77-68(60)89/h13,16-18,37-40,46-49,52-53,60H,14-15,19-22,24-35,41-45H2,1-12H3,(H,77,88,89). The smallest absolute Gasteiger partial charge is 0.410 e. The quantitative estimate of drug-likeness (QED) is 0.0370. The molecule has 2 bridgehead atoms. The third-order valence-corrected chi connectivity index (χ3v) is 28.1. The van der Waals surface area contributed by atoms with E-state index in [1.165, 1.54) is 13.2 Å². The van der Waals surface area contributed by atoms with Crippen LogP contribution in [-0.4, -0.2) is 193 Å². The molecular weight excluding hydrogens is 1240 g/mol. The van der Waals surface area contributed by atoms with Crippen molar-refractivity contribution in [2.45, 2.75) is 161 Å². The first-order chi connectivity index (χ1) is 45.8. The number of rotatable bonds is 18. The van der Waals surface area contributed by atoms with Crippen LogP contribution in [0, 0.1) is 34.4 Å². The first kappa shape index (κ1) is 68.7. The van der Waals surface area contributed by atoms with Crippen molar-refractivity contribution in [2.24, 2.45) is 18.4 Å². The molecule has 0 radical (unpaired) electrons. The molecule has 6 aromatic rings. The van der Waals surface area contributed by atoms with Gasteiger partial charge in [-0.05, 0) is 149 Å². The maximum absolute atomic E-state index is 18.2. The summed E-state index contributed by atoms with van der Waals surface area (Å²) in [6.45, 7) is 33.1. The second-order valence-electron chi connectivity index (χ2n) is 30.2. The van der Waals surface area contributed by atoms with Gasteiger partial charge in [-0.25, -0.2) is 18.4 Å². The van der Waals surface area contributed by atoms with Crippen LogP contribution in [0.2, 0.25) is 16.6 Å². The number of pyridine rings is 1. The Balaban J connectivity index is 0.710. The molecule has 0 saturated carbocycles. The number of likely N-dealkylation sites (tertiary alicyclic amines) is 1.